The van der Waals surface area contributed by atoms with E-state index in [1.807, 2.05) is 11.5 Å². The van der Waals surface area contributed by atoms with E-state index in [4.69, 9.17) is 4.74 Å². The summed E-state index contributed by atoms with van der Waals surface area (Å²) in [7, 11) is 0. The van der Waals surface area contributed by atoms with Crippen molar-refractivity contribution in [2.75, 3.05) is 18.1 Å². The summed E-state index contributed by atoms with van der Waals surface area (Å²) < 4.78 is 8.62. The first-order valence-electron chi connectivity index (χ1n) is 10.6. The maximum atomic E-state index is 12.9. The first-order chi connectivity index (χ1) is 15.4. The van der Waals surface area contributed by atoms with Crippen LogP contribution in [0.1, 0.15) is 41.3 Å². The molecule has 0 radical (unpaired) electrons. The van der Waals surface area contributed by atoms with E-state index in [9.17, 15) is 14.4 Å². The van der Waals surface area contributed by atoms with Crippen LogP contribution in [0.25, 0.3) is 10.2 Å². The number of fused-ring (bicyclic) bond motifs is 1. The number of hydrogen-bond donors (Lipinski definition) is 0. The van der Waals surface area contributed by atoms with E-state index in [-0.39, 0.29) is 30.6 Å². The third-order valence-corrected chi connectivity index (χ3v) is 6.62. The lowest BCUT2D eigenvalue weighted by molar-refractivity contribution is -0.121. The van der Waals surface area contributed by atoms with Crippen molar-refractivity contribution < 1.29 is 19.1 Å². The van der Waals surface area contributed by atoms with Gasteiger partial charge in [-0.05, 0) is 68.3 Å². The largest absolute Gasteiger partial charge is 0.380 e. The summed E-state index contributed by atoms with van der Waals surface area (Å²) in [6.45, 7) is 7.84. The number of thiazole rings is 1. The molecule has 4 rings (SSSR count). The van der Waals surface area contributed by atoms with Gasteiger partial charge in [-0.25, -0.2) is 0 Å². The minimum absolute atomic E-state index is 0.218. The highest BCUT2D eigenvalue weighted by molar-refractivity contribution is 7.16. The number of aromatic nitrogens is 1. The van der Waals surface area contributed by atoms with Gasteiger partial charge in [0.1, 0.15) is 0 Å². The Balaban J connectivity index is 1.68. The molecule has 8 heteroatoms. The van der Waals surface area contributed by atoms with Crippen LogP contribution in [-0.2, 0) is 20.9 Å². The lowest BCUT2D eigenvalue weighted by Crippen LogP contribution is -2.28. The number of nitrogens with zero attached hydrogens (tertiary/aromatic N) is 3. The van der Waals surface area contributed by atoms with Gasteiger partial charge in [0.2, 0.25) is 11.8 Å². The smallest absolute Gasteiger partial charge is 0.279 e. The molecule has 0 atom stereocenters. The Bertz CT molecular complexity index is 1250. The average molecular weight is 452 g/mol. The number of hydrogen-bond acceptors (Lipinski definition) is 5. The second-order valence-electron chi connectivity index (χ2n) is 7.72. The van der Waals surface area contributed by atoms with E-state index < -0.39 is 0 Å². The van der Waals surface area contributed by atoms with Gasteiger partial charge in [0.25, 0.3) is 5.91 Å². The van der Waals surface area contributed by atoms with Gasteiger partial charge < -0.3 is 9.30 Å². The molecule has 3 aromatic rings. The van der Waals surface area contributed by atoms with Crippen LogP contribution in [0.15, 0.2) is 41.4 Å². The normalized spacial score (nSPS) is 14.7. The second kappa shape index (κ2) is 9.18. The van der Waals surface area contributed by atoms with Gasteiger partial charge in [0, 0.05) is 31.6 Å². The number of anilines is 1. The Morgan fingerprint density at radius 2 is 1.72 bits per heavy atom. The summed E-state index contributed by atoms with van der Waals surface area (Å²) in [4.78, 5) is 43.0. The van der Waals surface area contributed by atoms with Gasteiger partial charge in [0.15, 0.2) is 4.80 Å². The molecule has 0 saturated carbocycles. The summed E-state index contributed by atoms with van der Waals surface area (Å²) in [5.74, 6) is -0.810. The molecule has 1 aliphatic heterocycles. The molecule has 166 valence electrons. The fourth-order valence-electron chi connectivity index (χ4n) is 3.69. The minimum Gasteiger partial charge on any atom is -0.380 e. The standard InChI is InChI=1S/C24H25N3O4S/c1-4-31-12-11-26-19-13-15(2)16(3)14-20(19)32-24(26)25-23(30)17-5-7-18(8-6-17)27-21(28)9-10-22(27)29/h5-8,13-14H,4,9-12H2,1-3H3. The molecule has 0 aliphatic carbocycles. The van der Waals surface area contributed by atoms with Crippen molar-refractivity contribution in [3.8, 4) is 0 Å². The third-order valence-electron chi connectivity index (χ3n) is 5.58. The topological polar surface area (TPSA) is 81.0 Å². The van der Waals surface area contributed by atoms with Crippen LogP contribution in [0.5, 0.6) is 0 Å². The number of amides is 3. The lowest BCUT2D eigenvalue weighted by Gasteiger charge is -2.13. The Hall–Kier alpha value is -3.10. The lowest BCUT2D eigenvalue weighted by atomic mass is 10.1. The highest BCUT2D eigenvalue weighted by atomic mass is 32.1. The van der Waals surface area contributed by atoms with Crippen molar-refractivity contribution in [3.05, 3.63) is 57.9 Å². The van der Waals surface area contributed by atoms with Crippen molar-refractivity contribution in [2.45, 2.75) is 40.2 Å². The molecule has 1 aromatic heterocycles. The quantitative estimate of drug-likeness (QED) is 0.422. The zero-order chi connectivity index (χ0) is 22.8. The number of rotatable bonds is 6. The zero-order valence-corrected chi connectivity index (χ0v) is 19.2. The van der Waals surface area contributed by atoms with Crippen LogP contribution in [-0.4, -0.2) is 35.5 Å². The molecule has 3 amide bonds. The van der Waals surface area contributed by atoms with Crippen LogP contribution in [0, 0.1) is 13.8 Å². The molecular formula is C24H25N3O4S. The van der Waals surface area contributed by atoms with E-state index in [1.165, 1.54) is 27.4 Å². The van der Waals surface area contributed by atoms with Gasteiger partial charge in [-0.15, -0.1) is 0 Å². The highest BCUT2D eigenvalue weighted by Crippen LogP contribution is 2.24. The predicted octanol–water partition coefficient (Wildman–Crippen LogP) is 3.75. The van der Waals surface area contributed by atoms with Crippen molar-refractivity contribution in [3.63, 3.8) is 0 Å². The average Bonchev–Trinajstić information content (AvgIpc) is 3.27. The summed E-state index contributed by atoms with van der Waals surface area (Å²) in [5.41, 5.74) is 4.28. The highest BCUT2D eigenvalue weighted by Gasteiger charge is 2.30. The predicted molar refractivity (Wildman–Crippen MR) is 124 cm³/mol. The Morgan fingerprint density at radius 3 is 2.38 bits per heavy atom. The van der Waals surface area contributed by atoms with Gasteiger partial charge >= 0.3 is 0 Å². The minimum atomic E-state index is -0.374. The molecule has 1 fully saturated rings. The Labute approximate surface area is 190 Å². The molecule has 0 bridgehead atoms. The fourth-order valence-corrected chi connectivity index (χ4v) is 4.83. The molecule has 1 aliphatic rings. The molecule has 2 aromatic carbocycles. The summed E-state index contributed by atoms with van der Waals surface area (Å²) in [6.07, 6.45) is 0.447. The monoisotopic (exact) mass is 451 g/mol. The van der Waals surface area contributed by atoms with Crippen LogP contribution in [0.4, 0.5) is 5.69 Å². The molecular weight excluding hydrogens is 426 g/mol. The van der Waals surface area contributed by atoms with Crippen LogP contribution < -0.4 is 9.70 Å². The molecule has 32 heavy (non-hydrogen) atoms. The summed E-state index contributed by atoms with van der Waals surface area (Å²) in [6, 6.07) is 10.7. The number of ether oxygens (including phenoxy) is 1. The van der Waals surface area contributed by atoms with Crippen LogP contribution in [0.2, 0.25) is 0 Å². The van der Waals surface area contributed by atoms with E-state index in [1.54, 1.807) is 24.3 Å². The van der Waals surface area contributed by atoms with Gasteiger partial charge in [-0.3, -0.25) is 19.3 Å². The van der Waals surface area contributed by atoms with Crippen molar-refractivity contribution in [2.24, 2.45) is 4.99 Å². The SMILES string of the molecule is CCOCCn1c(=NC(=O)c2ccc(N3C(=O)CCC3=O)cc2)sc2cc(C)c(C)cc21. The van der Waals surface area contributed by atoms with Gasteiger partial charge in [-0.2, -0.15) is 4.99 Å². The fraction of sp³-hybridized carbons (Fsp3) is 0.333. The zero-order valence-electron chi connectivity index (χ0n) is 18.4. The van der Waals surface area contributed by atoms with E-state index in [0.717, 1.165) is 10.2 Å². The number of benzene rings is 2. The van der Waals surface area contributed by atoms with Crippen LogP contribution >= 0.6 is 11.3 Å². The Morgan fingerprint density at radius 1 is 1.06 bits per heavy atom. The first-order valence-corrected chi connectivity index (χ1v) is 11.4. The van der Waals surface area contributed by atoms with E-state index in [0.29, 0.717) is 35.8 Å². The third kappa shape index (κ3) is 4.28. The summed E-state index contributed by atoms with van der Waals surface area (Å²) in [5, 5.41) is 0. The summed E-state index contributed by atoms with van der Waals surface area (Å²) >= 11 is 1.47. The Kier molecular flexibility index (Phi) is 6.34. The molecule has 1 saturated heterocycles. The molecule has 0 spiro atoms. The number of carbonyl (C=O) groups is 3. The maximum Gasteiger partial charge on any atom is 0.279 e. The number of aryl methyl sites for hydroxylation is 2. The number of imide groups is 1. The van der Waals surface area contributed by atoms with Gasteiger partial charge in [-0.1, -0.05) is 11.3 Å². The maximum absolute atomic E-state index is 12.9. The van der Waals surface area contributed by atoms with Crippen molar-refractivity contribution >= 4 is 45.0 Å². The molecule has 0 unspecified atom stereocenters. The van der Waals surface area contributed by atoms with E-state index >= 15 is 0 Å². The van der Waals surface area contributed by atoms with E-state index in [2.05, 4.69) is 31.0 Å². The van der Waals surface area contributed by atoms with Crippen molar-refractivity contribution in [1.29, 1.82) is 0 Å². The molecule has 0 N–H and O–H groups in total. The second-order valence-corrected chi connectivity index (χ2v) is 8.73. The molecule has 2 heterocycles. The van der Waals surface area contributed by atoms with Crippen molar-refractivity contribution in [1.82, 2.24) is 4.57 Å². The molecule has 7 nitrogen and oxygen atoms in total. The van der Waals surface area contributed by atoms with Crippen LogP contribution in [0.3, 0.4) is 0 Å². The van der Waals surface area contributed by atoms with Gasteiger partial charge in [0.05, 0.1) is 22.5 Å². The first kappa shape index (κ1) is 22.1. The number of carbonyl (C=O) groups excluding carboxylic acids is 3.